The minimum atomic E-state index is -0.203. The predicted octanol–water partition coefficient (Wildman–Crippen LogP) is 3.32. The van der Waals surface area contributed by atoms with E-state index in [1.807, 2.05) is 25.1 Å². The number of furan rings is 1. The summed E-state index contributed by atoms with van der Waals surface area (Å²) in [5.41, 5.74) is 0.930. The topological polar surface area (TPSA) is 13.1 Å². The van der Waals surface area contributed by atoms with Crippen molar-refractivity contribution in [1.82, 2.24) is 0 Å². The van der Waals surface area contributed by atoms with Gasteiger partial charge in [-0.05, 0) is 36.8 Å². The number of benzene rings is 1. The van der Waals surface area contributed by atoms with E-state index >= 15 is 0 Å². The van der Waals surface area contributed by atoms with Crippen LogP contribution < -0.4 is 0 Å². The Balaban J connectivity index is 2.18. The second-order valence-corrected chi connectivity index (χ2v) is 3.32. The summed E-state index contributed by atoms with van der Waals surface area (Å²) in [7, 11) is 0. The molecule has 1 nitrogen and oxygen atoms in total. The van der Waals surface area contributed by atoms with Crippen LogP contribution in [0.1, 0.15) is 17.1 Å². The fraction of sp³-hybridized carbons (Fsp3) is 0.167. The van der Waals surface area contributed by atoms with Crippen LogP contribution >= 0.6 is 0 Å². The van der Waals surface area contributed by atoms with Gasteiger partial charge in [0.2, 0.25) is 0 Å². The van der Waals surface area contributed by atoms with Gasteiger partial charge in [-0.3, -0.25) is 0 Å². The molecular formula is C12H11FO. The Kier molecular flexibility index (Phi) is 2.35. The van der Waals surface area contributed by atoms with Crippen molar-refractivity contribution in [1.29, 1.82) is 0 Å². The number of rotatable bonds is 2. The van der Waals surface area contributed by atoms with Crippen molar-refractivity contribution in [2.24, 2.45) is 0 Å². The molecule has 0 spiro atoms. The summed E-state index contributed by atoms with van der Waals surface area (Å²) in [5, 5.41) is 0. The SMILES string of the molecule is Cc1ccc(Cc2cccc(F)c2)o1. The van der Waals surface area contributed by atoms with Crippen LogP contribution in [0.4, 0.5) is 4.39 Å². The zero-order chi connectivity index (χ0) is 9.97. The first-order valence-corrected chi connectivity index (χ1v) is 4.54. The van der Waals surface area contributed by atoms with Crippen molar-refractivity contribution in [3.05, 3.63) is 59.3 Å². The lowest BCUT2D eigenvalue weighted by atomic mass is 10.1. The van der Waals surface area contributed by atoms with Gasteiger partial charge in [-0.25, -0.2) is 4.39 Å². The summed E-state index contributed by atoms with van der Waals surface area (Å²) in [6.07, 6.45) is 0.644. The molecule has 0 N–H and O–H groups in total. The Hall–Kier alpha value is -1.57. The molecule has 0 aliphatic rings. The van der Waals surface area contributed by atoms with Crippen molar-refractivity contribution in [2.45, 2.75) is 13.3 Å². The van der Waals surface area contributed by atoms with Crippen LogP contribution in [0.2, 0.25) is 0 Å². The fourth-order valence-electron chi connectivity index (χ4n) is 1.43. The first-order valence-electron chi connectivity index (χ1n) is 4.54. The molecular weight excluding hydrogens is 179 g/mol. The molecule has 0 radical (unpaired) electrons. The van der Waals surface area contributed by atoms with Crippen LogP contribution in [0.15, 0.2) is 40.8 Å². The van der Waals surface area contributed by atoms with E-state index in [0.29, 0.717) is 6.42 Å². The summed E-state index contributed by atoms with van der Waals surface area (Å²) in [6, 6.07) is 10.4. The molecule has 0 unspecified atom stereocenters. The Bertz CT molecular complexity index is 431. The molecule has 14 heavy (non-hydrogen) atoms. The lowest BCUT2D eigenvalue weighted by molar-refractivity contribution is 0.492. The Morgan fingerprint density at radius 2 is 2.07 bits per heavy atom. The molecule has 0 aliphatic heterocycles. The lowest BCUT2D eigenvalue weighted by Gasteiger charge is -1.97. The van der Waals surface area contributed by atoms with E-state index in [2.05, 4.69) is 0 Å². The van der Waals surface area contributed by atoms with E-state index in [0.717, 1.165) is 17.1 Å². The van der Waals surface area contributed by atoms with Crippen LogP contribution in [0.5, 0.6) is 0 Å². The summed E-state index contributed by atoms with van der Waals surface area (Å²) < 4.78 is 18.2. The number of halogens is 1. The normalized spacial score (nSPS) is 10.4. The van der Waals surface area contributed by atoms with Crippen LogP contribution in [-0.4, -0.2) is 0 Å². The van der Waals surface area contributed by atoms with Crippen molar-refractivity contribution < 1.29 is 8.81 Å². The van der Waals surface area contributed by atoms with E-state index in [1.54, 1.807) is 6.07 Å². The number of hydrogen-bond donors (Lipinski definition) is 0. The molecule has 0 saturated carbocycles. The Morgan fingerprint density at radius 3 is 2.71 bits per heavy atom. The second kappa shape index (κ2) is 3.66. The maximum absolute atomic E-state index is 12.8. The monoisotopic (exact) mass is 190 g/mol. The Morgan fingerprint density at radius 1 is 1.21 bits per heavy atom. The molecule has 0 saturated heterocycles. The maximum atomic E-state index is 12.8. The first kappa shape index (κ1) is 9.00. The van der Waals surface area contributed by atoms with E-state index in [-0.39, 0.29) is 5.82 Å². The van der Waals surface area contributed by atoms with Gasteiger partial charge in [0.15, 0.2) is 0 Å². The lowest BCUT2D eigenvalue weighted by Crippen LogP contribution is -1.86. The highest BCUT2D eigenvalue weighted by Gasteiger charge is 2.01. The molecule has 0 bridgehead atoms. The average molecular weight is 190 g/mol. The van der Waals surface area contributed by atoms with Crippen molar-refractivity contribution in [3.63, 3.8) is 0 Å². The van der Waals surface area contributed by atoms with Crippen LogP contribution in [-0.2, 0) is 6.42 Å². The summed E-state index contributed by atoms with van der Waals surface area (Å²) in [6.45, 7) is 1.90. The van der Waals surface area contributed by atoms with Crippen LogP contribution in [0.3, 0.4) is 0 Å². The van der Waals surface area contributed by atoms with E-state index in [4.69, 9.17) is 4.42 Å². The van der Waals surface area contributed by atoms with Crippen molar-refractivity contribution >= 4 is 0 Å². The van der Waals surface area contributed by atoms with Gasteiger partial charge in [0, 0.05) is 6.42 Å². The third-order valence-electron chi connectivity index (χ3n) is 2.06. The predicted molar refractivity (Wildman–Crippen MR) is 52.7 cm³/mol. The molecule has 1 aromatic heterocycles. The standard InChI is InChI=1S/C12H11FO/c1-9-5-6-12(14-9)8-10-3-2-4-11(13)7-10/h2-7H,8H2,1H3. The molecule has 0 aliphatic carbocycles. The zero-order valence-electron chi connectivity index (χ0n) is 7.96. The van der Waals surface area contributed by atoms with E-state index < -0.39 is 0 Å². The van der Waals surface area contributed by atoms with E-state index in [9.17, 15) is 4.39 Å². The second-order valence-electron chi connectivity index (χ2n) is 3.32. The van der Waals surface area contributed by atoms with Gasteiger partial charge in [0.25, 0.3) is 0 Å². The number of hydrogen-bond acceptors (Lipinski definition) is 1. The minimum Gasteiger partial charge on any atom is -0.466 e. The van der Waals surface area contributed by atoms with Gasteiger partial charge in [-0.2, -0.15) is 0 Å². The molecule has 0 amide bonds. The van der Waals surface area contributed by atoms with Gasteiger partial charge < -0.3 is 4.42 Å². The molecule has 0 atom stereocenters. The Labute approximate surface area is 82.2 Å². The highest BCUT2D eigenvalue weighted by Crippen LogP contribution is 2.13. The minimum absolute atomic E-state index is 0.203. The molecule has 1 heterocycles. The van der Waals surface area contributed by atoms with Gasteiger partial charge in [-0.1, -0.05) is 12.1 Å². The average Bonchev–Trinajstić information content (AvgIpc) is 2.51. The molecule has 2 aromatic rings. The molecule has 2 heteroatoms. The van der Waals surface area contributed by atoms with Crippen LogP contribution in [0.25, 0.3) is 0 Å². The largest absolute Gasteiger partial charge is 0.466 e. The highest BCUT2D eigenvalue weighted by atomic mass is 19.1. The molecule has 1 aromatic carbocycles. The quantitative estimate of drug-likeness (QED) is 0.708. The molecule has 72 valence electrons. The summed E-state index contributed by atoms with van der Waals surface area (Å²) >= 11 is 0. The third kappa shape index (κ3) is 2.02. The smallest absolute Gasteiger partial charge is 0.123 e. The first-order chi connectivity index (χ1) is 6.74. The third-order valence-corrected chi connectivity index (χ3v) is 2.06. The molecule has 0 fully saturated rings. The number of aryl methyl sites for hydroxylation is 1. The van der Waals surface area contributed by atoms with Crippen molar-refractivity contribution in [2.75, 3.05) is 0 Å². The van der Waals surface area contributed by atoms with Crippen LogP contribution in [0, 0.1) is 12.7 Å². The zero-order valence-corrected chi connectivity index (χ0v) is 7.96. The highest BCUT2D eigenvalue weighted by molar-refractivity contribution is 5.22. The van der Waals surface area contributed by atoms with Gasteiger partial charge in [-0.15, -0.1) is 0 Å². The van der Waals surface area contributed by atoms with Gasteiger partial charge in [0.1, 0.15) is 17.3 Å². The van der Waals surface area contributed by atoms with E-state index in [1.165, 1.54) is 12.1 Å². The summed E-state index contributed by atoms with van der Waals surface area (Å²) in [5.74, 6) is 1.55. The van der Waals surface area contributed by atoms with Crippen molar-refractivity contribution in [3.8, 4) is 0 Å². The van der Waals surface area contributed by atoms with Gasteiger partial charge in [0.05, 0.1) is 0 Å². The molecule has 2 rings (SSSR count). The summed E-state index contributed by atoms with van der Waals surface area (Å²) in [4.78, 5) is 0. The van der Waals surface area contributed by atoms with Gasteiger partial charge >= 0.3 is 0 Å². The fourth-order valence-corrected chi connectivity index (χ4v) is 1.43. The maximum Gasteiger partial charge on any atom is 0.123 e.